The van der Waals surface area contributed by atoms with Gasteiger partial charge < -0.3 is 14.2 Å². The van der Waals surface area contributed by atoms with Crippen molar-refractivity contribution in [2.75, 3.05) is 19.8 Å². The van der Waals surface area contributed by atoms with E-state index in [0.29, 0.717) is 32.0 Å². The van der Waals surface area contributed by atoms with Gasteiger partial charge in [-0.3, -0.25) is 0 Å². The van der Waals surface area contributed by atoms with Crippen LogP contribution in [0.4, 0.5) is 4.39 Å². The van der Waals surface area contributed by atoms with Gasteiger partial charge in [-0.2, -0.15) is 0 Å². The maximum absolute atomic E-state index is 12.8. The molecule has 1 saturated heterocycles. The molecule has 1 aliphatic rings. The molecule has 0 amide bonds. The maximum atomic E-state index is 12.8. The second-order valence-electron chi connectivity index (χ2n) is 3.38. The van der Waals surface area contributed by atoms with E-state index in [0.717, 1.165) is 0 Å². The summed E-state index contributed by atoms with van der Waals surface area (Å²) in [7, 11) is 0. The first-order chi connectivity index (χ1) is 7.75. The topological polar surface area (TPSA) is 27.7 Å². The van der Waals surface area contributed by atoms with Gasteiger partial charge in [0, 0.05) is 12.5 Å². The molecule has 1 heterocycles. The summed E-state index contributed by atoms with van der Waals surface area (Å²) >= 11 is 5.62. The summed E-state index contributed by atoms with van der Waals surface area (Å²) in [6, 6.07) is 4.27. The van der Waals surface area contributed by atoms with Crippen LogP contribution in [0.25, 0.3) is 0 Å². The number of benzene rings is 1. The zero-order valence-corrected chi connectivity index (χ0v) is 9.37. The Morgan fingerprint density at radius 2 is 2.12 bits per heavy atom. The zero-order valence-electron chi connectivity index (χ0n) is 8.62. The minimum absolute atomic E-state index is 0.0610. The van der Waals surface area contributed by atoms with Gasteiger partial charge >= 0.3 is 0 Å². The van der Waals surface area contributed by atoms with Crippen LogP contribution in [0.15, 0.2) is 18.2 Å². The lowest BCUT2D eigenvalue weighted by Crippen LogP contribution is -2.12. The van der Waals surface area contributed by atoms with Gasteiger partial charge in [-0.1, -0.05) is 11.6 Å². The summed E-state index contributed by atoms with van der Waals surface area (Å²) in [4.78, 5) is 0. The Kier molecular flexibility index (Phi) is 3.98. The van der Waals surface area contributed by atoms with Crippen molar-refractivity contribution in [3.8, 4) is 5.75 Å². The van der Waals surface area contributed by atoms with Crippen molar-refractivity contribution in [3.63, 3.8) is 0 Å². The molecule has 1 aliphatic heterocycles. The van der Waals surface area contributed by atoms with Crippen molar-refractivity contribution in [1.29, 1.82) is 0 Å². The summed E-state index contributed by atoms with van der Waals surface area (Å²) in [5.41, 5.74) is 0. The fourth-order valence-corrected chi connectivity index (χ4v) is 1.58. The Bertz CT molecular complexity index is 353. The summed E-state index contributed by atoms with van der Waals surface area (Å²) in [5, 5.41) is 0.0610. The first-order valence-corrected chi connectivity index (χ1v) is 5.44. The van der Waals surface area contributed by atoms with Crippen molar-refractivity contribution in [1.82, 2.24) is 0 Å². The summed E-state index contributed by atoms with van der Waals surface area (Å²) in [6.45, 7) is 1.71. The molecule has 3 nitrogen and oxygen atoms in total. The van der Waals surface area contributed by atoms with Crippen molar-refractivity contribution in [2.45, 2.75) is 12.7 Å². The van der Waals surface area contributed by atoms with Crippen LogP contribution in [0.3, 0.4) is 0 Å². The molecule has 0 N–H and O–H groups in total. The van der Waals surface area contributed by atoms with Crippen LogP contribution in [-0.2, 0) is 9.47 Å². The van der Waals surface area contributed by atoms with Crippen LogP contribution in [0.5, 0.6) is 5.75 Å². The van der Waals surface area contributed by atoms with Crippen LogP contribution in [0.1, 0.15) is 6.42 Å². The van der Waals surface area contributed by atoms with Gasteiger partial charge in [-0.05, 0) is 12.1 Å². The molecule has 2 rings (SSSR count). The molecule has 0 aromatic heterocycles. The van der Waals surface area contributed by atoms with E-state index in [1.165, 1.54) is 18.2 Å². The van der Waals surface area contributed by atoms with Crippen LogP contribution in [0, 0.1) is 5.82 Å². The van der Waals surface area contributed by atoms with Gasteiger partial charge in [-0.25, -0.2) is 4.39 Å². The first-order valence-electron chi connectivity index (χ1n) is 5.07. The molecular formula is C11H12ClFO3. The molecule has 0 radical (unpaired) electrons. The molecular weight excluding hydrogens is 235 g/mol. The molecule has 0 atom stereocenters. The van der Waals surface area contributed by atoms with Crippen LogP contribution < -0.4 is 4.74 Å². The van der Waals surface area contributed by atoms with E-state index >= 15 is 0 Å². The second kappa shape index (κ2) is 5.48. The third-order valence-electron chi connectivity index (χ3n) is 2.20. The average molecular weight is 247 g/mol. The Morgan fingerprint density at radius 1 is 1.38 bits per heavy atom. The highest BCUT2D eigenvalue weighted by atomic mass is 35.5. The van der Waals surface area contributed by atoms with Crippen LogP contribution in [-0.4, -0.2) is 26.1 Å². The Hall–Kier alpha value is -0.840. The van der Waals surface area contributed by atoms with E-state index in [1.54, 1.807) is 0 Å². The van der Waals surface area contributed by atoms with E-state index in [9.17, 15) is 4.39 Å². The van der Waals surface area contributed by atoms with Gasteiger partial charge in [0.1, 0.15) is 11.6 Å². The minimum atomic E-state index is -0.448. The normalized spacial score (nSPS) is 16.6. The predicted molar refractivity (Wildman–Crippen MR) is 57.2 cm³/mol. The van der Waals surface area contributed by atoms with Gasteiger partial charge in [0.15, 0.2) is 6.29 Å². The lowest BCUT2D eigenvalue weighted by Gasteiger charge is -2.10. The summed E-state index contributed by atoms with van der Waals surface area (Å²) in [6.07, 6.45) is 0.463. The minimum Gasteiger partial charge on any atom is -0.493 e. The lowest BCUT2D eigenvalue weighted by atomic mass is 10.3. The van der Waals surface area contributed by atoms with Crippen molar-refractivity contribution >= 4 is 11.6 Å². The first kappa shape index (κ1) is 11.6. The summed E-state index contributed by atoms with van der Waals surface area (Å²) in [5.74, 6) is 0.0980. The van der Waals surface area contributed by atoms with E-state index in [2.05, 4.69) is 0 Å². The molecule has 0 spiro atoms. The van der Waals surface area contributed by atoms with Crippen LogP contribution >= 0.6 is 11.6 Å². The van der Waals surface area contributed by atoms with Gasteiger partial charge in [0.2, 0.25) is 0 Å². The van der Waals surface area contributed by atoms with Gasteiger partial charge in [0.05, 0.1) is 24.8 Å². The largest absolute Gasteiger partial charge is 0.493 e. The molecule has 1 aromatic rings. The van der Waals surface area contributed by atoms with Crippen molar-refractivity contribution in [3.05, 3.63) is 29.0 Å². The molecule has 0 unspecified atom stereocenters. The lowest BCUT2D eigenvalue weighted by molar-refractivity contribution is -0.0531. The second-order valence-corrected chi connectivity index (χ2v) is 3.79. The number of hydrogen-bond acceptors (Lipinski definition) is 3. The standard InChI is InChI=1S/C11H12ClFO3/c12-9-7-8(1-2-10(9)13)14-4-3-11-15-5-6-16-11/h1-2,7,11H,3-6H2. The molecule has 0 saturated carbocycles. The number of ether oxygens (including phenoxy) is 3. The number of hydrogen-bond donors (Lipinski definition) is 0. The monoisotopic (exact) mass is 246 g/mol. The molecule has 1 aromatic carbocycles. The molecule has 1 fully saturated rings. The number of rotatable bonds is 4. The van der Waals surface area contributed by atoms with Crippen LogP contribution in [0.2, 0.25) is 5.02 Å². The van der Waals surface area contributed by atoms with E-state index in [4.69, 9.17) is 25.8 Å². The molecule has 88 valence electrons. The quantitative estimate of drug-likeness (QED) is 0.817. The fourth-order valence-electron chi connectivity index (χ4n) is 1.41. The predicted octanol–water partition coefficient (Wildman–Crippen LogP) is 2.62. The summed E-state index contributed by atoms with van der Waals surface area (Å²) < 4.78 is 28.7. The van der Waals surface area contributed by atoms with Crippen molar-refractivity contribution in [2.24, 2.45) is 0 Å². The van der Waals surface area contributed by atoms with E-state index in [-0.39, 0.29) is 11.3 Å². The molecule has 0 bridgehead atoms. The third-order valence-corrected chi connectivity index (χ3v) is 2.49. The fraction of sp³-hybridized carbons (Fsp3) is 0.455. The highest BCUT2D eigenvalue weighted by Crippen LogP contribution is 2.21. The number of halogens is 2. The SMILES string of the molecule is Fc1ccc(OCCC2OCCO2)cc1Cl. The van der Waals surface area contributed by atoms with Crippen molar-refractivity contribution < 1.29 is 18.6 Å². The third kappa shape index (κ3) is 3.07. The smallest absolute Gasteiger partial charge is 0.161 e. The molecule has 16 heavy (non-hydrogen) atoms. The zero-order chi connectivity index (χ0) is 11.4. The Balaban J connectivity index is 1.78. The van der Waals surface area contributed by atoms with E-state index in [1.807, 2.05) is 0 Å². The maximum Gasteiger partial charge on any atom is 0.161 e. The molecule has 5 heteroatoms. The highest BCUT2D eigenvalue weighted by molar-refractivity contribution is 6.30. The van der Waals surface area contributed by atoms with Gasteiger partial charge in [-0.15, -0.1) is 0 Å². The average Bonchev–Trinajstić information content (AvgIpc) is 2.76. The molecule has 0 aliphatic carbocycles. The Labute approximate surface area is 98.1 Å². The van der Waals surface area contributed by atoms with Gasteiger partial charge in [0.25, 0.3) is 0 Å². The van der Waals surface area contributed by atoms with E-state index < -0.39 is 5.82 Å². The highest BCUT2D eigenvalue weighted by Gasteiger charge is 2.15. The Morgan fingerprint density at radius 3 is 2.81 bits per heavy atom.